The second-order valence-corrected chi connectivity index (χ2v) is 1.83. The number of aliphatic hydroxyl groups excluding tert-OH is 2. The molecule has 62 valence electrons. The summed E-state index contributed by atoms with van der Waals surface area (Å²) in [7, 11) is 0. The Labute approximate surface area is 62.6 Å². The molecule has 0 saturated heterocycles. The molecule has 0 fully saturated rings. The molecule has 2 atom stereocenters. The molecule has 0 aromatic rings. The minimum atomic E-state index is -2.08. The van der Waals surface area contributed by atoms with Gasteiger partial charge >= 0.3 is 5.97 Å². The van der Waals surface area contributed by atoms with E-state index < -0.39 is 24.0 Å². The third-order valence-electron chi connectivity index (χ3n) is 1.04. The van der Waals surface area contributed by atoms with Gasteiger partial charge in [-0.25, -0.2) is 4.79 Å². The molecule has 0 spiro atoms. The third kappa shape index (κ3) is 2.48. The third-order valence-corrected chi connectivity index (χ3v) is 1.04. The molecule has 0 aromatic heterocycles. The van der Waals surface area contributed by atoms with Gasteiger partial charge in [-0.2, -0.15) is 0 Å². The average molecular weight is 160 g/mol. The molecular formula is C6H8O5. The van der Waals surface area contributed by atoms with E-state index in [9.17, 15) is 9.59 Å². The molecule has 0 unspecified atom stereocenters. The Kier molecular flexibility index (Phi) is 3.43. The fraction of sp³-hybridized carbons (Fsp3) is 0.333. The SMILES string of the molecule is C=CC(=O)[C@H](O)[C@@H](O)C(=O)O. The molecule has 0 aliphatic rings. The van der Waals surface area contributed by atoms with Crippen molar-refractivity contribution in [3.63, 3.8) is 0 Å². The van der Waals surface area contributed by atoms with Crippen LogP contribution in [0.25, 0.3) is 0 Å². The summed E-state index contributed by atoms with van der Waals surface area (Å²) in [6, 6.07) is 0. The van der Waals surface area contributed by atoms with E-state index in [-0.39, 0.29) is 0 Å². The van der Waals surface area contributed by atoms with E-state index in [0.29, 0.717) is 0 Å². The molecule has 0 rings (SSSR count). The highest BCUT2D eigenvalue weighted by molar-refractivity contribution is 5.96. The Bertz CT molecular complexity index is 185. The van der Waals surface area contributed by atoms with Crippen LogP contribution in [-0.4, -0.2) is 39.3 Å². The smallest absolute Gasteiger partial charge is 0.335 e. The summed E-state index contributed by atoms with van der Waals surface area (Å²) in [6.07, 6.45) is -3.26. The first kappa shape index (κ1) is 9.80. The Morgan fingerprint density at radius 1 is 1.27 bits per heavy atom. The van der Waals surface area contributed by atoms with E-state index in [1.54, 1.807) is 0 Å². The number of carbonyl (C=O) groups excluding carboxylic acids is 1. The van der Waals surface area contributed by atoms with Gasteiger partial charge in [0.15, 0.2) is 18.0 Å². The number of carboxylic acid groups (broad SMARTS) is 1. The lowest BCUT2D eigenvalue weighted by atomic mass is 10.1. The number of rotatable bonds is 4. The van der Waals surface area contributed by atoms with Crippen LogP contribution in [0.3, 0.4) is 0 Å². The fourth-order valence-electron chi connectivity index (χ4n) is 0.411. The quantitative estimate of drug-likeness (QED) is 0.437. The topological polar surface area (TPSA) is 94.8 Å². The molecule has 0 aromatic carbocycles. The van der Waals surface area contributed by atoms with Gasteiger partial charge in [-0.15, -0.1) is 0 Å². The van der Waals surface area contributed by atoms with Crippen molar-refractivity contribution < 1.29 is 24.9 Å². The molecule has 0 amide bonds. The zero-order chi connectivity index (χ0) is 9.02. The molecular weight excluding hydrogens is 152 g/mol. The molecule has 3 N–H and O–H groups in total. The van der Waals surface area contributed by atoms with E-state index in [1.165, 1.54) is 0 Å². The van der Waals surface area contributed by atoms with Crippen LogP contribution in [0.4, 0.5) is 0 Å². The van der Waals surface area contributed by atoms with Crippen LogP contribution in [-0.2, 0) is 9.59 Å². The van der Waals surface area contributed by atoms with Gasteiger partial charge in [-0.3, -0.25) is 4.79 Å². The zero-order valence-corrected chi connectivity index (χ0v) is 5.60. The number of aliphatic carboxylic acids is 1. The van der Waals surface area contributed by atoms with Gasteiger partial charge in [0.2, 0.25) is 0 Å². The van der Waals surface area contributed by atoms with Crippen LogP contribution < -0.4 is 0 Å². The Balaban J connectivity index is 4.23. The van der Waals surface area contributed by atoms with E-state index >= 15 is 0 Å². The van der Waals surface area contributed by atoms with Crippen LogP contribution in [0.5, 0.6) is 0 Å². The van der Waals surface area contributed by atoms with E-state index in [0.717, 1.165) is 6.08 Å². The summed E-state index contributed by atoms with van der Waals surface area (Å²) in [6.45, 7) is 3.01. The first-order valence-electron chi connectivity index (χ1n) is 2.76. The van der Waals surface area contributed by atoms with Crippen molar-refractivity contribution in [3.8, 4) is 0 Å². The molecule has 5 heteroatoms. The van der Waals surface area contributed by atoms with Crippen molar-refractivity contribution in [2.75, 3.05) is 0 Å². The summed E-state index contributed by atoms with van der Waals surface area (Å²) >= 11 is 0. The maximum atomic E-state index is 10.5. The summed E-state index contributed by atoms with van der Waals surface area (Å²) in [5, 5.41) is 25.4. The van der Waals surface area contributed by atoms with Crippen molar-refractivity contribution in [1.29, 1.82) is 0 Å². The number of hydrogen-bond acceptors (Lipinski definition) is 4. The van der Waals surface area contributed by atoms with Gasteiger partial charge in [-0.05, 0) is 6.08 Å². The Morgan fingerprint density at radius 3 is 2.00 bits per heavy atom. The first-order valence-corrected chi connectivity index (χ1v) is 2.76. The lowest BCUT2D eigenvalue weighted by molar-refractivity contribution is -0.156. The van der Waals surface area contributed by atoms with Crippen LogP contribution >= 0.6 is 0 Å². The van der Waals surface area contributed by atoms with Gasteiger partial charge in [-0.1, -0.05) is 6.58 Å². The minimum Gasteiger partial charge on any atom is -0.479 e. The summed E-state index contributed by atoms with van der Waals surface area (Å²) in [4.78, 5) is 20.4. The van der Waals surface area contributed by atoms with E-state index in [4.69, 9.17) is 15.3 Å². The molecule has 0 saturated carbocycles. The minimum absolute atomic E-state index is 0.747. The van der Waals surface area contributed by atoms with E-state index in [1.807, 2.05) is 0 Å². The fourth-order valence-corrected chi connectivity index (χ4v) is 0.411. The summed E-state index contributed by atoms with van der Waals surface area (Å²) in [5.74, 6) is -2.56. The Hall–Kier alpha value is -1.20. The van der Waals surface area contributed by atoms with Crippen LogP contribution in [0.15, 0.2) is 12.7 Å². The predicted octanol–water partition coefficient (Wildman–Crippen LogP) is -1.45. The van der Waals surface area contributed by atoms with Crippen LogP contribution in [0.1, 0.15) is 0 Å². The maximum absolute atomic E-state index is 10.5. The van der Waals surface area contributed by atoms with Gasteiger partial charge < -0.3 is 15.3 Å². The highest BCUT2D eigenvalue weighted by Gasteiger charge is 2.27. The lowest BCUT2D eigenvalue weighted by Crippen LogP contribution is -2.38. The molecule has 5 nitrogen and oxygen atoms in total. The molecule has 11 heavy (non-hydrogen) atoms. The van der Waals surface area contributed by atoms with Crippen LogP contribution in [0.2, 0.25) is 0 Å². The first-order chi connectivity index (χ1) is 5.00. The van der Waals surface area contributed by atoms with Gasteiger partial charge in [0.05, 0.1) is 0 Å². The molecule has 0 bridgehead atoms. The molecule has 0 radical (unpaired) electrons. The van der Waals surface area contributed by atoms with E-state index in [2.05, 4.69) is 6.58 Å². The normalized spacial score (nSPS) is 15.1. The number of carboxylic acids is 1. The summed E-state index contributed by atoms with van der Waals surface area (Å²) in [5.41, 5.74) is 0. The number of hydrogen-bond donors (Lipinski definition) is 3. The highest BCUT2D eigenvalue weighted by Crippen LogP contribution is 1.95. The molecule has 0 aliphatic carbocycles. The summed E-state index contributed by atoms with van der Waals surface area (Å²) < 4.78 is 0. The number of carbonyl (C=O) groups is 2. The van der Waals surface area contributed by atoms with Crippen LogP contribution in [0, 0.1) is 0 Å². The standard InChI is InChI=1S/C6H8O5/c1-2-3(7)4(8)5(9)6(10)11/h2,4-5,8-9H,1H2,(H,10,11)/t4-,5+/m0/s1. The highest BCUT2D eigenvalue weighted by atomic mass is 16.4. The van der Waals surface area contributed by atoms with Gasteiger partial charge in [0, 0.05) is 0 Å². The largest absolute Gasteiger partial charge is 0.479 e. The van der Waals surface area contributed by atoms with Gasteiger partial charge in [0.25, 0.3) is 0 Å². The van der Waals surface area contributed by atoms with Crippen molar-refractivity contribution in [2.45, 2.75) is 12.2 Å². The van der Waals surface area contributed by atoms with Crippen molar-refractivity contribution >= 4 is 11.8 Å². The van der Waals surface area contributed by atoms with Gasteiger partial charge in [0.1, 0.15) is 0 Å². The van der Waals surface area contributed by atoms with Crippen molar-refractivity contribution in [1.82, 2.24) is 0 Å². The second-order valence-electron chi connectivity index (χ2n) is 1.83. The zero-order valence-electron chi connectivity index (χ0n) is 5.60. The monoisotopic (exact) mass is 160 g/mol. The van der Waals surface area contributed by atoms with Crippen molar-refractivity contribution in [2.24, 2.45) is 0 Å². The lowest BCUT2D eigenvalue weighted by Gasteiger charge is -2.09. The number of aliphatic hydroxyl groups is 2. The second kappa shape index (κ2) is 3.85. The predicted molar refractivity (Wildman–Crippen MR) is 34.9 cm³/mol. The molecule has 0 aliphatic heterocycles. The molecule has 0 heterocycles. The van der Waals surface area contributed by atoms with Crippen molar-refractivity contribution in [3.05, 3.63) is 12.7 Å². The maximum Gasteiger partial charge on any atom is 0.335 e. The Morgan fingerprint density at radius 2 is 1.73 bits per heavy atom. The number of ketones is 1. The average Bonchev–Trinajstić information content (AvgIpc) is 2.00.